The van der Waals surface area contributed by atoms with E-state index in [1.54, 1.807) is 6.20 Å². The Balaban J connectivity index is 1.30. The Morgan fingerprint density at radius 2 is 2.04 bits per heavy atom. The second-order valence-corrected chi connectivity index (χ2v) is 7.64. The number of fused-ring (bicyclic) bond motifs is 1. The first kappa shape index (κ1) is 17.1. The first-order valence-corrected chi connectivity index (χ1v) is 9.67. The third-order valence-electron chi connectivity index (χ3n) is 5.38. The lowest BCUT2D eigenvalue weighted by molar-refractivity contribution is 0.137. The Hall–Kier alpha value is -1.36. The van der Waals surface area contributed by atoms with Crippen molar-refractivity contribution in [2.75, 3.05) is 19.8 Å². The van der Waals surface area contributed by atoms with E-state index in [1.807, 2.05) is 24.4 Å². The molecule has 1 unspecified atom stereocenters. The van der Waals surface area contributed by atoms with Crippen LogP contribution in [0.15, 0.2) is 30.6 Å². The van der Waals surface area contributed by atoms with Crippen LogP contribution in [0.5, 0.6) is 5.75 Å². The summed E-state index contributed by atoms with van der Waals surface area (Å²) >= 11 is 6.40. The van der Waals surface area contributed by atoms with Crippen LogP contribution in [0.1, 0.15) is 32.1 Å². The standard InChI is InChI=1S/C20H25ClN2O2/c21-19-9-16-12-22-7-5-15(16)10-20(19)25-18-3-1-17(2-4-18)23-11-14-6-8-24-13-14/h5,7,9-10,12,14,17-18,23H,1-4,6,8,11,13H2. The summed E-state index contributed by atoms with van der Waals surface area (Å²) in [7, 11) is 0. The van der Waals surface area contributed by atoms with Crippen molar-refractivity contribution >= 4 is 22.4 Å². The summed E-state index contributed by atoms with van der Waals surface area (Å²) in [5.41, 5.74) is 0. The number of benzene rings is 1. The largest absolute Gasteiger partial charge is 0.489 e. The van der Waals surface area contributed by atoms with E-state index in [2.05, 4.69) is 10.3 Å². The molecule has 1 aliphatic heterocycles. The van der Waals surface area contributed by atoms with Crippen LogP contribution in [0.4, 0.5) is 0 Å². The topological polar surface area (TPSA) is 43.4 Å². The molecular formula is C20H25ClN2O2. The van der Waals surface area contributed by atoms with Crippen molar-refractivity contribution < 1.29 is 9.47 Å². The third-order valence-corrected chi connectivity index (χ3v) is 5.67. The second-order valence-electron chi connectivity index (χ2n) is 7.23. The highest BCUT2D eigenvalue weighted by Crippen LogP contribution is 2.33. The molecule has 2 heterocycles. The Bertz CT molecular complexity index is 710. The van der Waals surface area contributed by atoms with Crippen molar-refractivity contribution in [1.29, 1.82) is 0 Å². The molecule has 0 bridgehead atoms. The van der Waals surface area contributed by atoms with Crippen LogP contribution >= 0.6 is 11.6 Å². The molecule has 2 aromatic rings. The van der Waals surface area contributed by atoms with Gasteiger partial charge in [-0.15, -0.1) is 0 Å². The van der Waals surface area contributed by atoms with Gasteiger partial charge in [0.05, 0.1) is 17.7 Å². The maximum atomic E-state index is 6.40. The summed E-state index contributed by atoms with van der Waals surface area (Å²) in [6.45, 7) is 2.93. The van der Waals surface area contributed by atoms with Gasteiger partial charge in [-0.05, 0) is 61.6 Å². The second kappa shape index (κ2) is 7.90. The van der Waals surface area contributed by atoms with E-state index in [-0.39, 0.29) is 6.10 Å². The zero-order chi connectivity index (χ0) is 17.1. The zero-order valence-electron chi connectivity index (χ0n) is 14.4. The highest BCUT2D eigenvalue weighted by molar-refractivity contribution is 6.32. The van der Waals surface area contributed by atoms with Gasteiger partial charge in [-0.1, -0.05) is 11.6 Å². The number of aromatic nitrogens is 1. The molecule has 4 rings (SSSR count). The van der Waals surface area contributed by atoms with Gasteiger partial charge in [0.2, 0.25) is 0 Å². The fourth-order valence-corrected chi connectivity index (χ4v) is 4.04. The van der Waals surface area contributed by atoms with Gasteiger partial charge in [-0.2, -0.15) is 0 Å². The maximum absolute atomic E-state index is 6.40. The summed E-state index contributed by atoms with van der Waals surface area (Å²) in [6, 6.07) is 6.57. The summed E-state index contributed by atoms with van der Waals surface area (Å²) in [5.74, 6) is 1.49. The van der Waals surface area contributed by atoms with Crippen molar-refractivity contribution in [3.63, 3.8) is 0 Å². The van der Waals surface area contributed by atoms with Crippen molar-refractivity contribution in [2.45, 2.75) is 44.2 Å². The van der Waals surface area contributed by atoms with Gasteiger partial charge in [-0.3, -0.25) is 4.98 Å². The number of nitrogens with zero attached hydrogens (tertiary/aromatic N) is 1. The Labute approximate surface area is 153 Å². The van der Waals surface area contributed by atoms with E-state index in [1.165, 1.54) is 6.42 Å². The molecule has 1 aliphatic carbocycles. The monoisotopic (exact) mass is 360 g/mol. The van der Waals surface area contributed by atoms with E-state index in [4.69, 9.17) is 21.1 Å². The average Bonchev–Trinajstić information content (AvgIpc) is 3.15. The number of nitrogens with one attached hydrogen (secondary N) is 1. The lowest BCUT2D eigenvalue weighted by Gasteiger charge is -2.30. The molecule has 4 nitrogen and oxygen atoms in total. The van der Waals surface area contributed by atoms with Crippen LogP contribution in [-0.2, 0) is 4.74 Å². The first-order valence-electron chi connectivity index (χ1n) is 9.29. The lowest BCUT2D eigenvalue weighted by Crippen LogP contribution is -2.38. The molecule has 1 saturated carbocycles. The summed E-state index contributed by atoms with van der Waals surface area (Å²) in [4.78, 5) is 4.14. The summed E-state index contributed by atoms with van der Waals surface area (Å²) in [6.07, 6.45) is 9.54. The van der Waals surface area contributed by atoms with Gasteiger partial charge in [0, 0.05) is 37.0 Å². The van der Waals surface area contributed by atoms with E-state index < -0.39 is 0 Å². The molecule has 0 radical (unpaired) electrons. The smallest absolute Gasteiger partial charge is 0.138 e. The SMILES string of the molecule is Clc1cc2cnccc2cc1OC1CCC(NCC2CCOC2)CC1. The third kappa shape index (κ3) is 4.25. The van der Waals surface area contributed by atoms with Crippen molar-refractivity contribution in [1.82, 2.24) is 10.3 Å². The minimum absolute atomic E-state index is 0.254. The minimum Gasteiger partial charge on any atom is -0.489 e. The number of halogens is 1. The van der Waals surface area contributed by atoms with E-state index in [0.717, 1.165) is 62.0 Å². The predicted molar refractivity (Wildman–Crippen MR) is 100 cm³/mol. The number of hydrogen-bond donors (Lipinski definition) is 1. The van der Waals surface area contributed by atoms with Gasteiger partial charge in [0.1, 0.15) is 5.75 Å². The molecule has 0 spiro atoms. The molecule has 134 valence electrons. The molecule has 1 atom stereocenters. The summed E-state index contributed by atoms with van der Waals surface area (Å²) < 4.78 is 11.7. The van der Waals surface area contributed by atoms with Gasteiger partial charge in [0.15, 0.2) is 0 Å². The van der Waals surface area contributed by atoms with Crippen molar-refractivity contribution in [2.24, 2.45) is 5.92 Å². The Morgan fingerprint density at radius 3 is 2.84 bits per heavy atom. The number of ether oxygens (including phenoxy) is 2. The minimum atomic E-state index is 0.254. The molecule has 1 saturated heterocycles. The predicted octanol–water partition coefficient (Wildman–Crippen LogP) is 4.20. The van der Waals surface area contributed by atoms with E-state index in [0.29, 0.717) is 17.0 Å². The normalized spacial score (nSPS) is 26.8. The summed E-state index contributed by atoms with van der Waals surface area (Å²) in [5, 5.41) is 6.54. The van der Waals surface area contributed by atoms with E-state index >= 15 is 0 Å². The fourth-order valence-electron chi connectivity index (χ4n) is 3.82. The van der Waals surface area contributed by atoms with Crippen molar-refractivity contribution in [3.8, 4) is 5.75 Å². The number of pyridine rings is 1. The number of rotatable bonds is 5. The first-order chi connectivity index (χ1) is 12.3. The maximum Gasteiger partial charge on any atom is 0.138 e. The average molecular weight is 361 g/mol. The van der Waals surface area contributed by atoms with E-state index in [9.17, 15) is 0 Å². The van der Waals surface area contributed by atoms with Crippen LogP contribution in [0, 0.1) is 5.92 Å². The molecule has 25 heavy (non-hydrogen) atoms. The highest BCUT2D eigenvalue weighted by Gasteiger charge is 2.24. The number of hydrogen-bond acceptors (Lipinski definition) is 4. The van der Waals surface area contributed by atoms with Crippen molar-refractivity contribution in [3.05, 3.63) is 35.6 Å². The van der Waals surface area contributed by atoms with Crippen LogP contribution < -0.4 is 10.1 Å². The van der Waals surface area contributed by atoms with Crippen LogP contribution in [-0.4, -0.2) is 36.9 Å². The molecule has 2 aliphatic rings. The molecular weight excluding hydrogens is 336 g/mol. The molecule has 2 fully saturated rings. The molecule has 1 aromatic carbocycles. The molecule has 1 N–H and O–H groups in total. The highest BCUT2D eigenvalue weighted by atomic mass is 35.5. The van der Waals surface area contributed by atoms with Crippen LogP contribution in [0.2, 0.25) is 5.02 Å². The van der Waals surface area contributed by atoms with Gasteiger partial charge in [0.25, 0.3) is 0 Å². The Morgan fingerprint density at radius 1 is 1.16 bits per heavy atom. The molecule has 1 aromatic heterocycles. The zero-order valence-corrected chi connectivity index (χ0v) is 15.2. The fraction of sp³-hybridized carbons (Fsp3) is 0.550. The molecule has 5 heteroatoms. The Kier molecular flexibility index (Phi) is 5.39. The van der Waals surface area contributed by atoms with Crippen LogP contribution in [0.3, 0.4) is 0 Å². The van der Waals surface area contributed by atoms with Gasteiger partial charge in [-0.25, -0.2) is 0 Å². The lowest BCUT2D eigenvalue weighted by atomic mass is 9.92. The van der Waals surface area contributed by atoms with Crippen LogP contribution in [0.25, 0.3) is 10.8 Å². The molecule has 0 amide bonds. The van der Waals surface area contributed by atoms with Gasteiger partial charge < -0.3 is 14.8 Å². The van der Waals surface area contributed by atoms with Gasteiger partial charge >= 0.3 is 0 Å². The quantitative estimate of drug-likeness (QED) is 0.867.